The molecule has 2 aromatic rings. The maximum Gasteiger partial charge on any atom is 0.187 e. The average Bonchev–Trinajstić information content (AvgIpc) is 2.46. The van der Waals surface area contributed by atoms with Crippen LogP contribution < -0.4 is 5.30 Å². The first-order valence-corrected chi connectivity index (χ1v) is 9.39. The van der Waals surface area contributed by atoms with Gasteiger partial charge in [-0.25, -0.2) is 0 Å². The number of carbonyl (C=O) groups excluding carboxylic acids is 1. The molecule has 0 N–H and O–H groups in total. The van der Waals surface area contributed by atoms with E-state index in [1.54, 1.807) is 6.07 Å². The van der Waals surface area contributed by atoms with E-state index >= 15 is 0 Å². The third kappa shape index (κ3) is 4.97. The van der Waals surface area contributed by atoms with Gasteiger partial charge in [0.15, 0.2) is 5.52 Å². The fourth-order valence-electron chi connectivity index (χ4n) is 2.65. The van der Waals surface area contributed by atoms with Gasteiger partial charge in [0, 0.05) is 24.4 Å². The number of halogens is 1. The normalized spacial score (nSPS) is 11.3. The van der Waals surface area contributed by atoms with Crippen molar-refractivity contribution >= 4 is 49.9 Å². The molecule has 1 radical (unpaired) electrons. The number of rotatable bonds is 5. The number of hydrogen-bond donors (Lipinski definition) is 0. The van der Waals surface area contributed by atoms with E-state index in [9.17, 15) is 4.79 Å². The first kappa shape index (κ1) is 21.5. The van der Waals surface area contributed by atoms with Crippen LogP contribution in [0.2, 0.25) is 5.02 Å². The smallest absolute Gasteiger partial charge is 0.187 e. The van der Waals surface area contributed by atoms with E-state index in [0.29, 0.717) is 22.4 Å². The van der Waals surface area contributed by atoms with Crippen molar-refractivity contribution in [1.82, 2.24) is 0 Å². The second-order valence-electron chi connectivity index (χ2n) is 6.54. The molecule has 0 amide bonds. The monoisotopic (exact) mass is 353 g/mol. The van der Waals surface area contributed by atoms with Crippen LogP contribution in [0.15, 0.2) is 36.4 Å². The molecule has 0 aliphatic rings. The van der Waals surface area contributed by atoms with Crippen LogP contribution in [0.25, 0.3) is 0 Å². The molecular formula is C20H24ClLiOP. The average molecular weight is 354 g/mol. The van der Waals surface area contributed by atoms with Crippen molar-refractivity contribution in [2.75, 3.05) is 0 Å². The zero-order chi connectivity index (χ0) is 17.1. The van der Waals surface area contributed by atoms with Crippen LogP contribution in [0.3, 0.4) is 0 Å². The van der Waals surface area contributed by atoms with Crippen LogP contribution in [-0.4, -0.2) is 24.4 Å². The Kier molecular flexibility index (Phi) is 8.24. The van der Waals surface area contributed by atoms with Gasteiger partial charge >= 0.3 is 0 Å². The van der Waals surface area contributed by atoms with Crippen molar-refractivity contribution in [2.45, 2.75) is 46.5 Å². The summed E-state index contributed by atoms with van der Waals surface area (Å²) < 4.78 is 0. The second kappa shape index (κ2) is 9.22. The van der Waals surface area contributed by atoms with Crippen molar-refractivity contribution in [3.63, 3.8) is 0 Å². The molecule has 1 nitrogen and oxygen atoms in total. The molecule has 0 aliphatic carbocycles. The summed E-state index contributed by atoms with van der Waals surface area (Å²) in [6, 6.07) is 12.2. The molecule has 123 valence electrons. The maximum absolute atomic E-state index is 12.8. The zero-order valence-corrected chi connectivity index (χ0v) is 17.2. The minimum absolute atomic E-state index is 0. The summed E-state index contributed by atoms with van der Waals surface area (Å²) in [6.45, 7) is 10.6. The molecule has 0 aliphatic heterocycles. The van der Waals surface area contributed by atoms with Gasteiger partial charge in [0.2, 0.25) is 0 Å². The first-order valence-electron chi connectivity index (χ1n) is 8.01. The molecule has 1 atom stereocenters. The SMILES string of the molecule is Cc1cccc(Cl)c1C(=O)Pc1cc(C(C)C)ccc1C(C)C.[Li]. The minimum Gasteiger partial charge on any atom is -0.289 e. The summed E-state index contributed by atoms with van der Waals surface area (Å²) in [5, 5.41) is 1.70. The predicted molar refractivity (Wildman–Crippen MR) is 109 cm³/mol. The standard InChI is InChI=1S/C20H24ClOP.Li/c1-12(2)15-9-10-16(13(3)4)18(11-15)23-20(22)19-14(5)7-6-8-17(19)21;/h6-13,23H,1-5H3;. The Labute approximate surface area is 164 Å². The van der Waals surface area contributed by atoms with Crippen LogP contribution in [0.4, 0.5) is 0 Å². The van der Waals surface area contributed by atoms with Crippen LogP contribution in [-0.2, 0) is 0 Å². The molecule has 24 heavy (non-hydrogen) atoms. The van der Waals surface area contributed by atoms with E-state index in [1.165, 1.54) is 11.1 Å². The van der Waals surface area contributed by atoms with Gasteiger partial charge in [0.1, 0.15) is 0 Å². The van der Waals surface area contributed by atoms with Crippen LogP contribution in [0, 0.1) is 6.92 Å². The molecule has 0 saturated carbocycles. The van der Waals surface area contributed by atoms with Gasteiger partial charge in [0.25, 0.3) is 0 Å². The van der Waals surface area contributed by atoms with Crippen LogP contribution in [0.5, 0.6) is 0 Å². The Hall–Kier alpha value is -0.573. The van der Waals surface area contributed by atoms with E-state index in [1.807, 2.05) is 19.1 Å². The van der Waals surface area contributed by atoms with Gasteiger partial charge in [-0.2, -0.15) is 0 Å². The summed E-state index contributed by atoms with van der Waals surface area (Å²) in [7, 11) is 0.106. The van der Waals surface area contributed by atoms with Crippen molar-refractivity contribution < 1.29 is 4.79 Å². The largest absolute Gasteiger partial charge is 0.289 e. The van der Waals surface area contributed by atoms with E-state index in [0.717, 1.165) is 10.9 Å². The van der Waals surface area contributed by atoms with Gasteiger partial charge in [-0.05, 0) is 55.4 Å². The molecule has 2 aromatic carbocycles. The van der Waals surface area contributed by atoms with E-state index in [-0.39, 0.29) is 33.0 Å². The Morgan fingerprint density at radius 1 is 1.04 bits per heavy atom. The molecule has 0 bridgehead atoms. The van der Waals surface area contributed by atoms with E-state index in [2.05, 4.69) is 45.9 Å². The van der Waals surface area contributed by atoms with Gasteiger partial charge in [0.05, 0.1) is 5.02 Å². The number of hydrogen-bond acceptors (Lipinski definition) is 1. The van der Waals surface area contributed by atoms with Gasteiger partial charge in [-0.1, -0.05) is 69.6 Å². The molecule has 1 unspecified atom stereocenters. The van der Waals surface area contributed by atoms with Crippen molar-refractivity contribution in [3.8, 4) is 0 Å². The quantitative estimate of drug-likeness (QED) is 0.501. The van der Waals surface area contributed by atoms with E-state index in [4.69, 9.17) is 11.6 Å². The Bertz CT molecular complexity index is 705. The molecule has 4 heteroatoms. The maximum atomic E-state index is 12.8. The van der Waals surface area contributed by atoms with Gasteiger partial charge in [-0.15, -0.1) is 0 Å². The van der Waals surface area contributed by atoms with Crippen molar-refractivity contribution in [1.29, 1.82) is 0 Å². The third-order valence-electron chi connectivity index (χ3n) is 4.06. The summed E-state index contributed by atoms with van der Waals surface area (Å²) >= 11 is 6.26. The Morgan fingerprint density at radius 2 is 1.71 bits per heavy atom. The Balaban J connectivity index is 0.00000288. The summed E-state index contributed by atoms with van der Waals surface area (Å²) in [4.78, 5) is 12.8. The number of carbonyl (C=O) groups is 1. The molecular weight excluding hydrogens is 330 g/mol. The van der Waals surface area contributed by atoms with E-state index < -0.39 is 0 Å². The zero-order valence-electron chi connectivity index (χ0n) is 15.4. The molecule has 0 saturated heterocycles. The van der Waals surface area contributed by atoms with Crippen molar-refractivity contribution in [2.24, 2.45) is 0 Å². The molecule has 0 fully saturated rings. The fraction of sp³-hybridized carbons (Fsp3) is 0.350. The van der Waals surface area contributed by atoms with Crippen molar-refractivity contribution in [3.05, 3.63) is 63.7 Å². The molecule has 0 aromatic heterocycles. The summed E-state index contributed by atoms with van der Waals surface area (Å²) in [5.41, 5.74) is 4.26. The molecule has 0 spiro atoms. The van der Waals surface area contributed by atoms with Gasteiger partial charge < -0.3 is 0 Å². The molecule has 0 heterocycles. The second-order valence-corrected chi connectivity index (χ2v) is 8.19. The topological polar surface area (TPSA) is 17.1 Å². The summed E-state index contributed by atoms with van der Waals surface area (Å²) in [5.74, 6) is 0.857. The first-order chi connectivity index (χ1) is 10.8. The van der Waals surface area contributed by atoms with Crippen LogP contribution >= 0.6 is 20.2 Å². The fourth-order valence-corrected chi connectivity index (χ4v) is 4.49. The van der Waals surface area contributed by atoms with Gasteiger partial charge in [-0.3, -0.25) is 4.79 Å². The van der Waals surface area contributed by atoms with Crippen LogP contribution in [0.1, 0.15) is 66.6 Å². The molecule has 2 rings (SSSR count). The number of benzene rings is 2. The predicted octanol–water partition coefficient (Wildman–Crippen LogP) is 5.66. The third-order valence-corrected chi connectivity index (χ3v) is 5.56. The number of aryl methyl sites for hydroxylation is 1. The minimum atomic E-state index is 0. The summed E-state index contributed by atoms with van der Waals surface area (Å²) in [6.07, 6.45) is 0. The Morgan fingerprint density at radius 3 is 2.25 bits per heavy atom.